The molecule has 0 N–H and O–H groups in total. The van der Waals surface area contributed by atoms with Crippen molar-refractivity contribution >= 4 is 29.1 Å². The van der Waals surface area contributed by atoms with Crippen LogP contribution in [0.3, 0.4) is 0 Å². The first kappa shape index (κ1) is 20.3. The quantitative estimate of drug-likeness (QED) is 0.300. The van der Waals surface area contributed by atoms with Gasteiger partial charge in [-0.25, -0.2) is 0 Å². The zero-order chi connectivity index (χ0) is 19.7. The summed E-state index contributed by atoms with van der Waals surface area (Å²) in [4.78, 5) is 11.8. The summed E-state index contributed by atoms with van der Waals surface area (Å²) in [5.41, 5.74) is 0. The third-order valence-corrected chi connectivity index (χ3v) is 9.55. The fraction of sp³-hybridized carbons (Fsp3) is 0.240. The average Bonchev–Trinajstić information content (AvgIpc) is 2.76. The van der Waals surface area contributed by atoms with E-state index in [9.17, 15) is 4.79 Å². The number of hydrogen-bond acceptors (Lipinski definition) is 2. The molecule has 3 aromatic carbocycles. The molecule has 0 aliphatic carbocycles. The fourth-order valence-electron chi connectivity index (χ4n) is 3.73. The van der Waals surface area contributed by atoms with Crippen LogP contribution in [0.2, 0.25) is 0 Å². The highest BCUT2D eigenvalue weighted by atomic mass is 31.2. The minimum absolute atomic E-state index is 0.0921. The number of carbonyl (C=O) groups excluding carboxylic acids is 1. The van der Waals surface area contributed by atoms with Crippen LogP contribution in [0.5, 0.6) is 0 Å². The zero-order valence-corrected chi connectivity index (χ0v) is 17.4. The van der Waals surface area contributed by atoms with E-state index in [1.54, 1.807) is 0 Å². The summed E-state index contributed by atoms with van der Waals surface area (Å²) in [6.45, 7) is 2.31. The van der Waals surface area contributed by atoms with Crippen LogP contribution < -0.4 is 15.9 Å². The number of esters is 1. The van der Waals surface area contributed by atoms with Gasteiger partial charge in [-0.15, -0.1) is 0 Å². The Labute approximate surface area is 168 Å². The van der Waals surface area contributed by atoms with Gasteiger partial charge in [0.1, 0.15) is 23.2 Å². The van der Waals surface area contributed by atoms with Crippen molar-refractivity contribution in [1.29, 1.82) is 0 Å². The Kier molecular flexibility index (Phi) is 7.39. The van der Waals surface area contributed by atoms with Gasteiger partial charge >= 0.3 is 5.97 Å². The van der Waals surface area contributed by atoms with E-state index in [1.807, 2.05) is 6.92 Å². The lowest BCUT2D eigenvalue weighted by atomic mass is 10.2. The second kappa shape index (κ2) is 10.2. The first-order chi connectivity index (χ1) is 13.8. The van der Waals surface area contributed by atoms with Crippen molar-refractivity contribution in [2.75, 3.05) is 12.8 Å². The molecule has 0 radical (unpaired) electrons. The summed E-state index contributed by atoms with van der Waals surface area (Å²) >= 11 is 0. The second-order valence-electron chi connectivity index (χ2n) is 6.80. The van der Waals surface area contributed by atoms with Crippen LogP contribution in [-0.4, -0.2) is 18.7 Å². The molecule has 3 rings (SSSR count). The molecule has 0 saturated heterocycles. The standard InChI is InChI=1S/C25H28O2P/c1-2-27-25(26)20-12-13-21-28(22-14-6-3-7-15-22,23-16-8-4-9-17-23)24-18-10-5-11-19-24/h3-11,14-19H,2,12-13,20-21H2,1H3/q+1. The minimum Gasteiger partial charge on any atom is -0.466 e. The van der Waals surface area contributed by atoms with Gasteiger partial charge in [-0.3, -0.25) is 4.79 Å². The van der Waals surface area contributed by atoms with Gasteiger partial charge in [0.25, 0.3) is 0 Å². The van der Waals surface area contributed by atoms with E-state index in [-0.39, 0.29) is 5.97 Å². The summed E-state index contributed by atoms with van der Waals surface area (Å²) in [6.07, 6.45) is 3.38. The van der Waals surface area contributed by atoms with Crippen molar-refractivity contribution < 1.29 is 9.53 Å². The van der Waals surface area contributed by atoms with E-state index in [0.717, 1.165) is 19.0 Å². The van der Waals surface area contributed by atoms with Gasteiger partial charge < -0.3 is 4.74 Å². The van der Waals surface area contributed by atoms with Gasteiger partial charge in [0, 0.05) is 6.42 Å². The third kappa shape index (κ3) is 4.69. The first-order valence-electron chi connectivity index (χ1n) is 9.98. The summed E-state index contributed by atoms with van der Waals surface area (Å²) in [5, 5.41) is 4.18. The van der Waals surface area contributed by atoms with Crippen molar-refractivity contribution in [1.82, 2.24) is 0 Å². The molecule has 0 atom stereocenters. The molecular formula is C25H28O2P+. The Morgan fingerprint density at radius 1 is 0.714 bits per heavy atom. The lowest BCUT2D eigenvalue weighted by Crippen LogP contribution is -2.33. The van der Waals surface area contributed by atoms with Gasteiger partial charge in [-0.2, -0.15) is 0 Å². The molecule has 0 aliphatic rings. The van der Waals surface area contributed by atoms with Crippen molar-refractivity contribution in [2.45, 2.75) is 26.2 Å². The van der Waals surface area contributed by atoms with Crippen LogP contribution in [0.4, 0.5) is 0 Å². The Morgan fingerprint density at radius 3 is 1.54 bits per heavy atom. The van der Waals surface area contributed by atoms with E-state index in [1.165, 1.54) is 15.9 Å². The van der Waals surface area contributed by atoms with Crippen LogP contribution in [0.1, 0.15) is 26.2 Å². The number of ether oxygens (including phenoxy) is 1. The zero-order valence-electron chi connectivity index (χ0n) is 16.5. The molecule has 0 unspecified atom stereocenters. The maximum atomic E-state index is 11.8. The number of carbonyl (C=O) groups is 1. The van der Waals surface area contributed by atoms with Gasteiger partial charge in [0.15, 0.2) is 0 Å². The largest absolute Gasteiger partial charge is 0.466 e. The van der Waals surface area contributed by atoms with Gasteiger partial charge in [-0.05, 0) is 56.2 Å². The molecule has 0 amide bonds. The smallest absolute Gasteiger partial charge is 0.305 e. The van der Waals surface area contributed by atoms with Crippen LogP contribution in [0, 0.1) is 0 Å². The van der Waals surface area contributed by atoms with Gasteiger partial charge in [0.2, 0.25) is 0 Å². The molecule has 3 heteroatoms. The summed E-state index contributed by atoms with van der Waals surface area (Å²) in [6, 6.07) is 32.6. The Bertz CT molecular complexity index is 751. The molecule has 0 aromatic heterocycles. The molecule has 0 aliphatic heterocycles. The normalized spacial score (nSPS) is 11.2. The molecule has 28 heavy (non-hydrogen) atoms. The SMILES string of the molecule is CCOC(=O)CCCC[P+](c1ccccc1)(c1ccccc1)c1ccccc1. The molecular weight excluding hydrogens is 363 g/mol. The van der Waals surface area contributed by atoms with Crippen LogP contribution in [0.15, 0.2) is 91.0 Å². The van der Waals surface area contributed by atoms with E-state index in [4.69, 9.17) is 4.74 Å². The van der Waals surface area contributed by atoms with Gasteiger partial charge in [0.05, 0.1) is 12.8 Å². The highest BCUT2D eigenvalue weighted by Crippen LogP contribution is 2.55. The van der Waals surface area contributed by atoms with Crippen molar-refractivity contribution in [3.63, 3.8) is 0 Å². The summed E-state index contributed by atoms with van der Waals surface area (Å²) in [5.74, 6) is -0.0921. The number of benzene rings is 3. The van der Waals surface area contributed by atoms with Crippen molar-refractivity contribution in [3.8, 4) is 0 Å². The molecule has 3 aromatic rings. The molecule has 2 nitrogen and oxygen atoms in total. The van der Waals surface area contributed by atoms with E-state index in [0.29, 0.717) is 13.0 Å². The lowest BCUT2D eigenvalue weighted by molar-refractivity contribution is -0.143. The van der Waals surface area contributed by atoms with E-state index >= 15 is 0 Å². The predicted molar refractivity (Wildman–Crippen MR) is 120 cm³/mol. The molecule has 144 valence electrons. The number of rotatable bonds is 9. The maximum absolute atomic E-state index is 11.8. The Hall–Kier alpha value is -2.44. The number of hydrogen-bond donors (Lipinski definition) is 0. The van der Waals surface area contributed by atoms with E-state index < -0.39 is 7.26 Å². The summed E-state index contributed by atoms with van der Waals surface area (Å²) < 4.78 is 5.10. The summed E-state index contributed by atoms with van der Waals surface area (Å²) in [7, 11) is -1.78. The number of unbranched alkanes of at least 4 members (excludes halogenated alkanes) is 1. The molecule has 0 heterocycles. The molecule has 0 bridgehead atoms. The van der Waals surface area contributed by atoms with Crippen LogP contribution >= 0.6 is 7.26 Å². The highest BCUT2D eigenvalue weighted by Gasteiger charge is 2.44. The average molecular weight is 391 g/mol. The van der Waals surface area contributed by atoms with Crippen LogP contribution in [0.25, 0.3) is 0 Å². The lowest BCUT2D eigenvalue weighted by Gasteiger charge is -2.27. The second-order valence-corrected chi connectivity index (χ2v) is 10.4. The topological polar surface area (TPSA) is 26.3 Å². The fourth-order valence-corrected chi connectivity index (χ4v) is 8.14. The third-order valence-electron chi connectivity index (χ3n) is 5.02. The minimum atomic E-state index is -1.78. The van der Waals surface area contributed by atoms with Crippen molar-refractivity contribution in [2.24, 2.45) is 0 Å². The maximum Gasteiger partial charge on any atom is 0.305 e. The van der Waals surface area contributed by atoms with Crippen LogP contribution in [-0.2, 0) is 9.53 Å². The van der Waals surface area contributed by atoms with E-state index in [2.05, 4.69) is 91.0 Å². The van der Waals surface area contributed by atoms with Crippen molar-refractivity contribution in [3.05, 3.63) is 91.0 Å². The predicted octanol–water partition coefficient (Wildman–Crippen LogP) is 4.71. The molecule has 0 saturated carbocycles. The highest BCUT2D eigenvalue weighted by molar-refractivity contribution is 7.95. The first-order valence-corrected chi connectivity index (χ1v) is 12.0. The molecule has 0 spiro atoms. The monoisotopic (exact) mass is 391 g/mol. The Morgan fingerprint density at radius 2 is 1.14 bits per heavy atom. The molecule has 0 fully saturated rings. The van der Waals surface area contributed by atoms with Gasteiger partial charge in [-0.1, -0.05) is 54.6 Å². The Balaban J connectivity index is 1.98.